The molecule has 120 valence electrons. The smallest absolute Gasteiger partial charge is 0.320 e. The minimum Gasteiger partial charge on any atom is -0.481 e. The Kier molecular flexibility index (Phi) is 6.20. The molecule has 2 amide bonds. The van der Waals surface area contributed by atoms with Crippen molar-refractivity contribution in [2.45, 2.75) is 20.3 Å². The van der Waals surface area contributed by atoms with Gasteiger partial charge < -0.3 is 19.6 Å². The van der Waals surface area contributed by atoms with E-state index in [1.165, 1.54) is 0 Å². The topological polar surface area (TPSA) is 70.1 Å². The number of nitrogens with zero attached hydrogens (tertiary/aromatic N) is 2. The van der Waals surface area contributed by atoms with Crippen molar-refractivity contribution in [3.8, 4) is 0 Å². The van der Waals surface area contributed by atoms with Gasteiger partial charge in [-0.2, -0.15) is 0 Å². The minimum absolute atomic E-state index is 0.0142. The van der Waals surface area contributed by atoms with Crippen LogP contribution in [0.3, 0.4) is 0 Å². The fourth-order valence-corrected chi connectivity index (χ4v) is 2.71. The van der Waals surface area contributed by atoms with Crippen molar-refractivity contribution < 1.29 is 19.4 Å². The third-order valence-electron chi connectivity index (χ3n) is 4.29. The fourth-order valence-electron chi connectivity index (χ4n) is 2.71. The maximum absolute atomic E-state index is 12.5. The Morgan fingerprint density at radius 1 is 1.52 bits per heavy atom. The molecule has 0 aromatic heterocycles. The number of carbonyl (C=O) groups excluding carboxylic acids is 1. The monoisotopic (exact) mass is 298 g/mol. The first-order valence-corrected chi connectivity index (χ1v) is 7.26. The molecule has 0 spiro atoms. The van der Waals surface area contributed by atoms with Gasteiger partial charge in [-0.1, -0.05) is 19.9 Å². The van der Waals surface area contributed by atoms with Crippen LogP contribution in [0.4, 0.5) is 4.79 Å². The quantitative estimate of drug-likeness (QED) is 0.726. The number of amides is 2. The molecule has 0 bridgehead atoms. The highest BCUT2D eigenvalue weighted by molar-refractivity contribution is 5.80. The van der Waals surface area contributed by atoms with Gasteiger partial charge >= 0.3 is 12.0 Å². The third kappa shape index (κ3) is 3.75. The van der Waals surface area contributed by atoms with Gasteiger partial charge in [0.15, 0.2) is 0 Å². The van der Waals surface area contributed by atoms with Gasteiger partial charge in [-0.3, -0.25) is 4.79 Å². The molecule has 1 aliphatic rings. The van der Waals surface area contributed by atoms with Crippen molar-refractivity contribution in [3.05, 3.63) is 12.7 Å². The Morgan fingerprint density at radius 2 is 2.19 bits per heavy atom. The second-order valence-electron chi connectivity index (χ2n) is 5.80. The Bertz CT molecular complexity index is 397. The van der Waals surface area contributed by atoms with Crippen LogP contribution in [0.1, 0.15) is 20.3 Å². The highest BCUT2D eigenvalue weighted by Crippen LogP contribution is 2.38. The number of hydrogen-bond donors (Lipinski definition) is 1. The first kappa shape index (κ1) is 17.5. The van der Waals surface area contributed by atoms with Crippen LogP contribution >= 0.6 is 0 Å². The number of carboxylic acid groups (broad SMARTS) is 1. The van der Waals surface area contributed by atoms with E-state index in [4.69, 9.17) is 4.74 Å². The minimum atomic E-state index is -0.837. The number of aliphatic carboxylic acids is 1. The zero-order valence-electron chi connectivity index (χ0n) is 13.2. The highest BCUT2D eigenvalue weighted by Gasteiger charge is 2.48. The molecule has 1 unspecified atom stereocenters. The Hall–Kier alpha value is -1.56. The largest absolute Gasteiger partial charge is 0.481 e. The van der Waals surface area contributed by atoms with Gasteiger partial charge in [0.25, 0.3) is 0 Å². The molecule has 1 N–H and O–H groups in total. The summed E-state index contributed by atoms with van der Waals surface area (Å²) in [6, 6.07) is -0.143. The van der Waals surface area contributed by atoms with Crippen molar-refractivity contribution in [2.24, 2.45) is 11.3 Å². The van der Waals surface area contributed by atoms with Crippen LogP contribution in [-0.2, 0) is 9.53 Å². The number of carbonyl (C=O) groups is 2. The van der Waals surface area contributed by atoms with E-state index in [9.17, 15) is 14.7 Å². The molecule has 21 heavy (non-hydrogen) atoms. The van der Waals surface area contributed by atoms with Crippen LogP contribution in [0.2, 0.25) is 0 Å². The number of methoxy groups -OCH3 is 1. The van der Waals surface area contributed by atoms with Crippen LogP contribution in [0.5, 0.6) is 0 Å². The Balaban J connectivity index is 2.79. The second-order valence-corrected chi connectivity index (χ2v) is 5.80. The summed E-state index contributed by atoms with van der Waals surface area (Å²) in [5.74, 6) is -0.834. The molecule has 1 heterocycles. The summed E-state index contributed by atoms with van der Waals surface area (Å²) in [7, 11) is 1.58. The normalized spacial score (nSPS) is 21.6. The molecule has 0 radical (unpaired) electrons. The molecule has 1 atom stereocenters. The molecule has 0 aliphatic carbocycles. The van der Waals surface area contributed by atoms with E-state index in [1.54, 1.807) is 23.0 Å². The summed E-state index contributed by atoms with van der Waals surface area (Å²) in [4.78, 5) is 27.4. The van der Waals surface area contributed by atoms with E-state index in [1.807, 2.05) is 13.8 Å². The van der Waals surface area contributed by atoms with E-state index in [2.05, 4.69) is 6.58 Å². The predicted molar refractivity (Wildman–Crippen MR) is 80.1 cm³/mol. The molecule has 0 aromatic carbocycles. The number of ether oxygens (including phenoxy) is 1. The SMILES string of the molecule is C=CCN(CCOC)C(=O)N1CCC(C(=O)O)(C(C)C)C1. The van der Waals surface area contributed by atoms with Crippen LogP contribution in [0.15, 0.2) is 12.7 Å². The Morgan fingerprint density at radius 3 is 2.62 bits per heavy atom. The van der Waals surface area contributed by atoms with Gasteiger partial charge in [0.05, 0.1) is 12.0 Å². The zero-order chi connectivity index (χ0) is 16.0. The van der Waals surface area contributed by atoms with Gasteiger partial charge in [0.1, 0.15) is 0 Å². The van der Waals surface area contributed by atoms with E-state index in [0.29, 0.717) is 32.7 Å². The molecule has 6 heteroatoms. The molecule has 0 aromatic rings. The van der Waals surface area contributed by atoms with Gasteiger partial charge in [-0.05, 0) is 12.3 Å². The number of rotatable bonds is 7. The lowest BCUT2D eigenvalue weighted by Gasteiger charge is -2.31. The van der Waals surface area contributed by atoms with Crippen LogP contribution < -0.4 is 0 Å². The average Bonchev–Trinajstić information content (AvgIpc) is 2.89. The second kappa shape index (κ2) is 7.45. The molecule has 1 aliphatic heterocycles. The number of hydrogen-bond acceptors (Lipinski definition) is 3. The van der Waals surface area contributed by atoms with Crippen molar-refractivity contribution in [2.75, 3.05) is 39.9 Å². The van der Waals surface area contributed by atoms with Crippen molar-refractivity contribution >= 4 is 12.0 Å². The standard InChI is InChI=1S/C15H26N2O4/c1-5-7-16(9-10-21-4)14(20)17-8-6-15(11-17,12(2)3)13(18)19/h5,12H,1,6-11H2,2-4H3,(H,18,19). The molecule has 0 saturated carbocycles. The molecule has 6 nitrogen and oxygen atoms in total. The predicted octanol–water partition coefficient (Wildman–Crippen LogP) is 1.67. The number of carboxylic acids is 1. The summed E-state index contributed by atoms with van der Waals surface area (Å²) in [6.45, 7) is 9.54. The first-order chi connectivity index (χ1) is 9.89. The van der Waals surface area contributed by atoms with E-state index in [0.717, 1.165) is 0 Å². The molecule has 1 rings (SSSR count). The van der Waals surface area contributed by atoms with Crippen molar-refractivity contribution in [1.29, 1.82) is 0 Å². The summed E-state index contributed by atoms with van der Waals surface area (Å²) in [5, 5.41) is 9.53. The lowest BCUT2D eigenvalue weighted by atomic mass is 9.76. The van der Waals surface area contributed by atoms with E-state index in [-0.39, 0.29) is 18.5 Å². The first-order valence-electron chi connectivity index (χ1n) is 7.26. The van der Waals surface area contributed by atoms with E-state index >= 15 is 0 Å². The molecular weight excluding hydrogens is 272 g/mol. The average molecular weight is 298 g/mol. The zero-order valence-corrected chi connectivity index (χ0v) is 13.2. The number of likely N-dealkylation sites (tertiary alicyclic amines) is 1. The summed E-state index contributed by atoms with van der Waals surface area (Å²) in [5.41, 5.74) is -0.837. The van der Waals surface area contributed by atoms with E-state index < -0.39 is 11.4 Å². The Labute approximate surface area is 126 Å². The fraction of sp³-hybridized carbons (Fsp3) is 0.733. The van der Waals surface area contributed by atoms with Gasteiger partial charge in [0.2, 0.25) is 0 Å². The van der Waals surface area contributed by atoms with Crippen LogP contribution in [0, 0.1) is 11.3 Å². The van der Waals surface area contributed by atoms with Crippen molar-refractivity contribution in [1.82, 2.24) is 9.80 Å². The maximum Gasteiger partial charge on any atom is 0.320 e. The summed E-state index contributed by atoms with van der Waals surface area (Å²) >= 11 is 0. The molecular formula is C15H26N2O4. The van der Waals surface area contributed by atoms with Crippen LogP contribution in [0.25, 0.3) is 0 Å². The lowest BCUT2D eigenvalue weighted by molar-refractivity contribution is -0.150. The maximum atomic E-state index is 12.5. The number of urea groups is 1. The van der Waals surface area contributed by atoms with Gasteiger partial charge in [-0.25, -0.2) is 4.79 Å². The highest BCUT2D eigenvalue weighted by atomic mass is 16.5. The van der Waals surface area contributed by atoms with Gasteiger partial charge in [0, 0.05) is 33.3 Å². The van der Waals surface area contributed by atoms with Crippen LogP contribution in [-0.4, -0.2) is 66.8 Å². The van der Waals surface area contributed by atoms with Crippen molar-refractivity contribution in [3.63, 3.8) is 0 Å². The summed E-state index contributed by atoms with van der Waals surface area (Å²) in [6.07, 6.45) is 2.16. The summed E-state index contributed by atoms with van der Waals surface area (Å²) < 4.78 is 5.01. The molecule has 1 saturated heterocycles. The molecule has 1 fully saturated rings. The van der Waals surface area contributed by atoms with Gasteiger partial charge in [-0.15, -0.1) is 6.58 Å². The lowest BCUT2D eigenvalue weighted by Crippen LogP contribution is -2.46. The third-order valence-corrected chi connectivity index (χ3v) is 4.29.